The maximum atomic E-state index is 6.22. The van der Waals surface area contributed by atoms with Crippen molar-refractivity contribution < 1.29 is 4.74 Å². The average molecular weight is 305 g/mol. The summed E-state index contributed by atoms with van der Waals surface area (Å²) in [6.07, 6.45) is 4.01. The Hall–Kier alpha value is -1.58. The van der Waals surface area contributed by atoms with E-state index in [1.807, 2.05) is 18.2 Å². The Balaban J connectivity index is 2.05. The summed E-state index contributed by atoms with van der Waals surface area (Å²) >= 11 is 6.22. The molecule has 1 aromatic carbocycles. The fourth-order valence-electron chi connectivity index (χ4n) is 2.03. The summed E-state index contributed by atoms with van der Waals surface area (Å²) in [7, 11) is 0. The molecule has 0 aliphatic rings. The van der Waals surface area contributed by atoms with Gasteiger partial charge in [0.2, 0.25) is 5.88 Å². The number of halogens is 1. The molecule has 0 bridgehead atoms. The van der Waals surface area contributed by atoms with Crippen molar-refractivity contribution in [2.75, 3.05) is 6.54 Å². The third-order valence-corrected chi connectivity index (χ3v) is 3.39. The highest BCUT2D eigenvalue weighted by Crippen LogP contribution is 2.27. The minimum atomic E-state index is 0.445. The molecule has 21 heavy (non-hydrogen) atoms. The molecule has 0 spiro atoms. The van der Waals surface area contributed by atoms with Crippen LogP contribution >= 0.6 is 11.6 Å². The molecule has 1 N–H and O–H groups in total. The summed E-state index contributed by atoms with van der Waals surface area (Å²) < 4.78 is 5.74. The van der Waals surface area contributed by atoms with Crippen molar-refractivity contribution in [3.05, 3.63) is 52.7 Å². The van der Waals surface area contributed by atoms with E-state index in [1.165, 1.54) is 5.56 Å². The minimum Gasteiger partial charge on any atom is -0.438 e. The van der Waals surface area contributed by atoms with Crippen LogP contribution in [0.25, 0.3) is 0 Å². The molecule has 0 saturated carbocycles. The van der Waals surface area contributed by atoms with Crippen molar-refractivity contribution in [2.24, 2.45) is 0 Å². The van der Waals surface area contributed by atoms with Gasteiger partial charge in [-0.3, -0.25) is 0 Å². The Morgan fingerprint density at radius 3 is 2.52 bits per heavy atom. The van der Waals surface area contributed by atoms with E-state index < -0.39 is 0 Å². The highest BCUT2D eigenvalue weighted by Gasteiger charge is 2.06. The Morgan fingerprint density at radius 1 is 1.14 bits per heavy atom. The van der Waals surface area contributed by atoms with Gasteiger partial charge in [-0.15, -0.1) is 0 Å². The topological polar surface area (TPSA) is 34.1 Å². The number of nitrogens with zero attached hydrogens (tertiary/aromatic N) is 1. The lowest BCUT2D eigenvalue weighted by Crippen LogP contribution is -2.11. The molecular weight excluding hydrogens is 284 g/mol. The van der Waals surface area contributed by atoms with Crippen LogP contribution in [-0.2, 0) is 13.0 Å². The second-order valence-corrected chi connectivity index (χ2v) is 5.31. The van der Waals surface area contributed by atoms with Crippen molar-refractivity contribution in [3.8, 4) is 11.6 Å². The van der Waals surface area contributed by atoms with E-state index in [2.05, 4.69) is 36.3 Å². The zero-order valence-electron chi connectivity index (χ0n) is 12.5. The number of pyridine rings is 1. The van der Waals surface area contributed by atoms with Gasteiger partial charge in [-0.05, 0) is 42.3 Å². The molecule has 4 heteroatoms. The molecule has 0 saturated heterocycles. The largest absolute Gasteiger partial charge is 0.438 e. The second-order valence-electron chi connectivity index (χ2n) is 4.91. The van der Waals surface area contributed by atoms with Gasteiger partial charge >= 0.3 is 0 Å². The maximum absolute atomic E-state index is 6.22. The SMILES string of the molecule is CCCc1ccc(Oc2ncc(CNCC)cc2Cl)cc1. The van der Waals surface area contributed by atoms with Crippen LogP contribution in [-0.4, -0.2) is 11.5 Å². The Labute approximate surface area is 131 Å². The quantitative estimate of drug-likeness (QED) is 0.812. The highest BCUT2D eigenvalue weighted by molar-refractivity contribution is 6.31. The molecule has 0 unspecified atom stereocenters. The monoisotopic (exact) mass is 304 g/mol. The predicted molar refractivity (Wildman–Crippen MR) is 87.1 cm³/mol. The highest BCUT2D eigenvalue weighted by atomic mass is 35.5. The molecule has 0 fully saturated rings. The van der Waals surface area contributed by atoms with Gasteiger partial charge in [0.05, 0.1) is 0 Å². The molecular formula is C17H21ClN2O. The van der Waals surface area contributed by atoms with Crippen LogP contribution in [0.1, 0.15) is 31.4 Å². The normalized spacial score (nSPS) is 10.6. The van der Waals surface area contributed by atoms with E-state index in [-0.39, 0.29) is 0 Å². The maximum Gasteiger partial charge on any atom is 0.238 e. The number of aryl methyl sites for hydroxylation is 1. The van der Waals surface area contributed by atoms with Gasteiger partial charge in [0.25, 0.3) is 0 Å². The van der Waals surface area contributed by atoms with E-state index in [9.17, 15) is 0 Å². The van der Waals surface area contributed by atoms with Crippen molar-refractivity contribution in [3.63, 3.8) is 0 Å². The molecule has 0 radical (unpaired) electrons. The summed E-state index contributed by atoms with van der Waals surface area (Å²) in [5.41, 5.74) is 2.36. The van der Waals surface area contributed by atoms with Gasteiger partial charge < -0.3 is 10.1 Å². The molecule has 2 rings (SSSR count). The van der Waals surface area contributed by atoms with Crippen LogP contribution in [0.2, 0.25) is 5.02 Å². The fraction of sp³-hybridized carbons (Fsp3) is 0.353. The van der Waals surface area contributed by atoms with E-state index in [0.29, 0.717) is 10.9 Å². The Kier molecular flexibility index (Phi) is 6.03. The first-order valence-corrected chi connectivity index (χ1v) is 7.72. The average Bonchev–Trinajstić information content (AvgIpc) is 2.50. The molecule has 1 heterocycles. The van der Waals surface area contributed by atoms with Crippen LogP contribution in [0.15, 0.2) is 36.5 Å². The Bertz CT molecular complexity index is 570. The summed E-state index contributed by atoms with van der Waals surface area (Å²) in [5.74, 6) is 1.20. The van der Waals surface area contributed by atoms with E-state index in [1.54, 1.807) is 6.20 Å². The summed E-state index contributed by atoms with van der Waals surface area (Å²) in [6, 6.07) is 9.95. The number of hydrogen-bond acceptors (Lipinski definition) is 3. The lowest BCUT2D eigenvalue weighted by atomic mass is 10.1. The van der Waals surface area contributed by atoms with Crippen molar-refractivity contribution in [1.29, 1.82) is 0 Å². The molecule has 3 nitrogen and oxygen atoms in total. The summed E-state index contributed by atoms with van der Waals surface area (Å²) in [4.78, 5) is 4.29. The first-order chi connectivity index (χ1) is 10.2. The number of nitrogens with one attached hydrogen (secondary N) is 1. The molecule has 2 aromatic rings. The molecule has 0 aliphatic carbocycles. The first-order valence-electron chi connectivity index (χ1n) is 7.34. The number of hydrogen-bond donors (Lipinski definition) is 1. The van der Waals surface area contributed by atoms with E-state index >= 15 is 0 Å². The van der Waals surface area contributed by atoms with Crippen LogP contribution in [0.3, 0.4) is 0 Å². The summed E-state index contributed by atoms with van der Waals surface area (Å²) in [6.45, 7) is 5.91. The molecule has 0 aliphatic heterocycles. The zero-order valence-corrected chi connectivity index (χ0v) is 13.3. The van der Waals surface area contributed by atoms with Gasteiger partial charge in [-0.2, -0.15) is 0 Å². The fourth-order valence-corrected chi connectivity index (χ4v) is 2.26. The Morgan fingerprint density at radius 2 is 1.90 bits per heavy atom. The van der Waals surface area contributed by atoms with Crippen molar-refractivity contribution in [2.45, 2.75) is 33.2 Å². The van der Waals surface area contributed by atoms with Crippen LogP contribution in [0.4, 0.5) is 0 Å². The van der Waals surface area contributed by atoms with E-state index in [4.69, 9.17) is 16.3 Å². The second kappa shape index (κ2) is 8.01. The lowest BCUT2D eigenvalue weighted by Gasteiger charge is -2.09. The minimum absolute atomic E-state index is 0.445. The van der Waals surface area contributed by atoms with Gasteiger partial charge in [-0.25, -0.2) is 4.98 Å². The van der Waals surface area contributed by atoms with Crippen LogP contribution in [0, 0.1) is 0 Å². The smallest absolute Gasteiger partial charge is 0.238 e. The van der Waals surface area contributed by atoms with Crippen LogP contribution in [0.5, 0.6) is 11.6 Å². The standard InChI is InChI=1S/C17H21ClN2O/c1-3-5-13-6-8-15(9-7-13)21-17-16(18)10-14(12-20-17)11-19-4-2/h6-10,12,19H,3-5,11H2,1-2H3. The number of rotatable bonds is 7. The van der Waals surface area contributed by atoms with Gasteiger partial charge in [0, 0.05) is 12.7 Å². The van der Waals surface area contributed by atoms with Crippen molar-refractivity contribution in [1.82, 2.24) is 10.3 Å². The van der Waals surface area contributed by atoms with Gasteiger partial charge in [0.15, 0.2) is 0 Å². The van der Waals surface area contributed by atoms with Crippen molar-refractivity contribution >= 4 is 11.6 Å². The van der Waals surface area contributed by atoms with Gasteiger partial charge in [0.1, 0.15) is 10.8 Å². The van der Waals surface area contributed by atoms with Gasteiger partial charge in [-0.1, -0.05) is 44.0 Å². The molecule has 1 aromatic heterocycles. The number of aromatic nitrogens is 1. The number of ether oxygens (including phenoxy) is 1. The van der Waals surface area contributed by atoms with E-state index in [0.717, 1.165) is 37.2 Å². The lowest BCUT2D eigenvalue weighted by molar-refractivity contribution is 0.462. The van der Waals surface area contributed by atoms with Crippen LogP contribution < -0.4 is 10.1 Å². The molecule has 0 atom stereocenters. The predicted octanol–water partition coefficient (Wildman–Crippen LogP) is 4.59. The first kappa shape index (κ1) is 15.8. The zero-order chi connectivity index (χ0) is 15.1. The number of benzene rings is 1. The third kappa shape index (κ3) is 4.73. The summed E-state index contributed by atoms with van der Waals surface area (Å²) in [5, 5.41) is 3.77. The molecule has 112 valence electrons. The third-order valence-electron chi connectivity index (χ3n) is 3.12. The molecule has 0 amide bonds.